The van der Waals surface area contributed by atoms with Gasteiger partial charge in [-0.15, -0.1) is 0 Å². The quantitative estimate of drug-likeness (QED) is 0.696. The first kappa shape index (κ1) is 27.2. The minimum absolute atomic E-state index is 0. The van der Waals surface area contributed by atoms with Crippen LogP contribution in [0.15, 0.2) is 29.1 Å². The van der Waals surface area contributed by atoms with E-state index in [-0.39, 0.29) is 51.4 Å². The molecule has 2 rings (SSSR count). The van der Waals surface area contributed by atoms with Crippen molar-refractivity contribution in [1.82, 2.24) is 9.78 Å². The molecule has 0 saturated heterocycles. The van der Waals surface area contributed by atoms with Crippen molar-refractivity contribution >= 4 is 0 Å². The molecule has 6 heteroatoms. The third kappa shape index (κ3) is 6.60. The fourth-order valence-corrected chi connectivity index (χ4v) is 2.44. The van der Waals surface area contributed by atoms with E-state index in [2.05, 4.69) is 5.10 Å². The number of aromatic hydroxyl groups is 1. The van der Waals surface area contributed by atoms with Gasteiger partial charge < -0.3 is 17.3 Å². The fraction of sp³-hybridized carbons (Fsp3) is 0.450. The Bertz CT molecular complexity index is 715. The van der Waals surface area contributed by atoms with Crippen LogP contribution < -0.4 is 5.56 Å². The average Bonchev–Trinajstić information content (AvgIpc) is 2.60. The Labute approximate surface area is 182 Å². The number of ether oxygens (including phenoxy) is 1. The van der Waals surface area contributed by atoms with Gasteiger partial charge in [-0.2, -0.15) is 5.10 Å². The van der Waals surface area contributed by atoms with Gasteiger partial charge in [-0.25, -0.2) is 4.68 Å². The summed E-state index contributed by atoms with van der Waals surface area (Å²) < 4.78 is 6.42. The van der Waals surface area contributed by atoms with Crippen LogP contribution in [0.5, 0.6) is 5.75 Å². The van der Waals surface area contributed by atoms with Crippen molar-refractivity contribution in [2.24, 2.45) is 0 Å². The van der Waals surface area contributed by atoms with Gasteiger partial charge in [0.05, 0.1) is 18.7 Å². The summed E-state index contributed by atoms with van der Waals surface area (Å²) >= 11 is 0. The number of methoxy groups -OCH3 is 1. The number of benzene rings is 1. The van der Waals surface area contributed by atoms with Crippen LogP contribution in [0.4, 0.5) is 0 Å². The second kappa shape index (κ2) is 14.1. The largest absolute Gasteiger partial charge is 0.505 e. The van der Waals surface area contributed by atoms with E-state index < -0.39 is 0 Å². The van der Waals surface area contributed by atoms with Gasteiger partial charge in [0.15, 0.2) is 5.75 Å². The van der Waals surface area contributed by atoms with Crippen LogP contribution >= 0.6 is 0 Å². The maximum Gasteiger partial charge on any atom is 0.278 e. The van der Waals surface area contributed by atoms with Gasteiger partial charge in [-0.05, 0) is 24.5 Å². The number of nitrogens with zero attached hydrogens (tertiary/aromatic N) is 2. The fourth-order valence-electron chi connectivity index (χ4n) is 2.44. The molecule has 0 aliphatic rings. The summed E-state index contributed by atoms with van der Waals surface area (Å²) in [5, 5.41) is 14.8. The number of aromatic nitrogens is 2. The van der Waals surface area contributed by atoms with Crippen LogP contribution in [0.25, 0.3) is 11.1 Å². The van der Waals surface area contributed by atoms with Gasteiger partial charge in [0.25, 0.3) is 5.56 Å². The zero-order valence-electron chi connectivity index (χ0n) is 16.9. The summed E-state index contributed by atoms with van der Waals surface area (Å²) in [6.07, 6.45) is 1.47. The average molecular weight is 436 g/mol. The first-order chi connectivity index (χ1) is 11.6. The molecule has 0 aliphatic heterocycles. The summed E-state index contributed by atoms with van der Waals surface area (Å²) in [6, 6.07) is 7.55. The van der Waals surface area contributed by atoms with E-state index in [1.807, 2.05) is 52.0 Å². The molecule has 1 aromatic heterocycles. The zero-order valence-corrected chi connectivity index (χ0v) is 19.7. The maximum atomic E-state index is 12.7. The minimum atomic E-state index is -0.288. The Hall–Kier alpha value is -1.04. The Kier molecular flexibility index (Phi) is 14.7. The number of hydrogen-bond donors (Lipinski definition) is 1. The zero-order chi connectivity index (χ0) is 18.1. The molecule has 0 bridgehead atoms. The molecule has 1 N–H and O–H groups in total. The predicted molar refractivity (Wildman–Crippen MR) is 104 cm³/mol. The molecule has 2 aromatic rings. The Morgan fingerprint density at radius 2 is 1.85 bits per heavy atom. The van der Waals surface area contributed by atoms with Gasteiger partial charge in [0.2, 0.25) is 0 Å². The van der Waals surface area contributed by atoms with Crippen LogP contribution in [0.3, 0.4) is 0 Å². The Balaban J connectivity index is 0. The number of rotatable bonds is 6. The maximum absolute atomic E-state index is 12.7. The van der Waals surface area contributed by atoms with Crippen molar-refractivity contribution < 1.29 is 42.6 Å². The first-order valence-electron chi connectivity index (χ1n) is 8.48. The van der Waals surface area contributed by atoms with Crippen molar-refractivity contribution in [2.75, 3.05) is 13.7 Å². The standard InChI is InChI=1S/C17H22N2O3.C2H6.CH3.Y/c1-4-7-14-16(20)15(13-9-6-5-8-12(13)2)17(21)19(18-14)10-11-22-3;1-2;;/h5-6,8-9,20H,4,7,10-11H2,1-3H3;1-2H3;1H3;/q;;-1;. The van der Waals surface area contributed by atoms with Crippen LogP contribution in [0.2, 0.25) is 0 Å². The van der Waals surface area contributed by atoms with Gasteiger partial charge in [0, 0.05) is 39.8 Å². The summed E-state index contributed by atoms with van der Waals surface area (Å²) in [6.45, 7) is 8.70. The van der Waals surface area contributed by atoms with Gasteiger partial charge in [-0.3, -0.25) is 4.79 Å². The topological polar surface area (TPSA) is 64.4 Å². The van der Waals surface area contributed by atoms with E-state index in [0.717, 1.165) is 17.5 Å². The van der Waals surface area contributed by atoms with E-state index >= 15 is 0 Å². The van der Waals surface area contributed by atoms with E-state index in [0.29, 0.717) is 30.8 Å². The molecular weight excluding hydrogens is 405 g/mol. The minimum Gasteiger partial charge on any atom is -0.505 e. The Morgan fingerprint density at radius 3 is 2.38 bits per heavy atom. The third-order valence-electron chi connectivity index (χ3n) is 3.61. The second-order valence-electron chi connectivity index (χ2n) is 5.26. The van der Waals surface area contributed by atoms with Crippen molar-refractivity contribution in [3.63, 3.8) is 0 Å². The molecule has 5 nitrogen and oxygen atoms in total. The van der Waals surface area contributed by atoms with E-state index in [1.54, 1.807) is 7.11 Å². The molecule has 26 heavy (non-hydrogen) atoms. The smallest absolute Gasteiger partial charge is 0.278 e. The molecule has 0 fully saturated rings. The molecule has 0 unspecified atom stereocenters. The second-order valence-corrected chi connectivity index (χ2v) is 5.26. The van der Waals surface area contributed by atoms with E-state index in [1.165, 1.54) is 4.68 Å². The summed E-state index contributed by atoms with van der Waals surface area (Å²) in [4.78, 5) is 12.7. The molecule has 1 radical (unpaired) electrons. The van der Waals surface area contributed by atoms with Crippen LogP contribution in [0.1, 0.15) is 38.4 Å². The first-order valence-corrected chi connectivity index (χ1v) is 8.48. The SMILES string of the molecule is CC.CCCc1nn(CCOC)c(=O)c(-c2ccccc2C)c1O.[CH3-].[Y]. The van der Waals surface area contributed by atoms with Crippen molar-refractivity contribution in [2.45, 2.75) is 47.1 Å². The molecule has 0 amide bonds. The van der Waals surface area contributed by atoms with Crippen molar-refractivity contribution in [3.8, 4) is 16.9 Å². The van der Waals surface area contributed by atoms with Crippen LogP contribution in [-0.2, 0) is 50.4 Å². The number of aryl methyl sites for hydroxylation is 2. The Morgan fingerprint density at radius 1 is 1.23 bits per heavy atom. The summed E-state index contributed by atoms with van der Waals surface area (Å²) in [5.74, 6) is -0.00480. The van der Waals surface area contributed by atoms with Gasteiger partial charge in [0.1, 0.15) is 5.69 Å². The number of hydrogen-bond acceptors (Lipinski definition) is 4. The summed E-state index contributed by atoms with van der Waals surface area (Å²) in [7, 11) is 1.58. The third-order valence-corrected chi connectivity index (χ3v) is 3.61. The van der Waals surface area contributed by atoms with Gasteiger partial charge >= 0.3 is 0 Å². The van der Waals surface area contributed by atoms with Crippen molar-refractivity contribution in [3.05, 3.63) is 53.3 Å². The molecule has 0 aliphatic carbocycles. The molecular formula is C20H31N2O3Y-. The summed E-state index contributed by atoms with van der Waals surface area (Å²) in [5.41, 5.74) is 2.28. The molecule has 1 heterocycles. The van der Waals surface area contributed by atoms with Gasteiger partial charge in [-0.1, -0.05) is 51.5 Å². The van der Waals surface area contributed by atoms with E-state index in [9.17, 15) is 9.90 Å². The van der Waals surface area contributed by atoms with Crippen LogP contribution in [-0.4, -0.2) is 28.6 Å². The molecule has 1 aromatic carbocycles. The van der Waals surface area contributed by atoms with Crippen LogP contribution in [0, 0.1) is 14.4 Å². The van der Waals surface area contributed by atoms with Crippen molar-refractivity contribution in [1.29, 1.82) is 0 Å². The monoisotopic (exact) mass is 436 g/mol. The predicted octanol–water partition coefficient (Wildman–Crippen LogP) is 4.00. The molecule has 0 atom stereocenters. The normalized spacial score (nSPS) is 9.42. The molecule has 0 spiro atoms. The molecule has 143 valence electrons. The van der Waals surface area contributed by atoms with E-state index in [4.69, 9.17) is 4.74 Å². The molecule has 0 saturated carbocycles.